The third kappa shape index (κ3) is 2.81. The van der Waals surface area contributed by atoms with Gasteiger partial charge in [0.15, 0.2) is 0 Å². The van der Waals surface area contributed by atoms with Crippen LogP contribution in [0, 0.1) is 0 Å². The van der Waals surface area contributed by atoms with Crippen molar-refractivity contribution in [1.29, 1.82) is 0 Å². The molecule has 0 radical (unpaired) electrons. The zero-order valence-corrected chi connectivity index (χ0v) is 12.9. The van der Waals surface area contributed by atoms with Crippen LogP contribution in [0.1, 0.15) is 35.7 Å². The smallest absolute Gasteiger partial charge is 0.254 e. The van der Waals surface area contributed by atoms with Gasteiger partial charge in [-0.25, -0.2) is 0 Å². The Morgan fingerprint density at radius 3 is 2.87 bits per heavy atom. The molecule has 3 rings (SSSR count). The van der Waals surface area contributed by atoms with Gasteiger partial charge >= 0.3 is 0 Å². The lowest BCUT2D eigenvalue weighted by molar-refractivity contribution is -0.134. The van der Waals surface area contributed by atoms with Gasteiger partial charge < -0.3 is 10.1 Å². The normalized spacial score (nSPS) is 19.7. The van der Waals surface area contributed by atoms with Crippen molar-refractivity contribution in [2.45, 2.75) is 32.2 Å². The molecule has 1 saturated heterocycles. The van der Waals surface area contributed by atoms with Crippen LogP contribution in [-0.2, 0) is 16.0 Å². The third-order valence-electron chi connectivity index (χ3n) is 3.98. The van der Waals surface area contributed by atoms with Gasteiger partial charge in [-0.2, -0.15) is 0 Å². The zero-order chi connectivity index (χ0) is 16.6. The predicted molar refractivity (Wildman–Crippen MR) is 83.1 cm³/mol. The van der Waals surface area contributed by atoms with Crippen LogP contribution >= 0.6 is 0 Å². The highest BCUT2D eigenvalue weighted by Crippen LogP contribution is 2.37. The van der Waals surface area contributed by atoms with Gasteiger partial charge in [0.25, 0.3) is 5.91 Å². The Kier molecular flexibility index (Phi) is 3.85. The van der Waals surface area contributed by atoms with Crippen molar-refractivity contribution >= 4 is 29.1 Å². The molecule has 0 aliphatic carbocycles. The lowest BCUT2D eigenvalue weighted by Gasteiger charge is -2.22. The van der Waals surface area contributed by atoms with Crippen molar-refractivity contribution in [3.63, 3.8) is 0 Å². The predicted octanol–water partition coefficient (Wildman–Crippen LogP) is 0.879. The summed E-state index contributed by atoms with van der Waals surface area (Å²) in [5.41, 5.74) is 2.77. The van der Waals surface area contributed by atoms with E-state index in [2.05, 4.69) is 15.6 Å². The van der Waals surface area contributed by atoms with Gasteiger partial charge in [0, 0.05) is 24.1 Å². The molecule has 7 nitrogen and oxygen atoms in total. The number of carbonyl (C=O) groups is 3. The van der Waals surface area contributed by atoms with Crippen LogP contribution in [-0.4, -0.2) is 36.6 Å². The van der Waals surface area contributed by atoms with E-state index in [1.165, 1.54) is 0 Å². The quantitative estimate of drug-likeness (QED) is 0.809. The van der Waals surface area contributed by atoms with Crippen LogP contribution in [0.2, 0.25) is 0 Å². The third-order valence-corrected chi connectivity index (χ3v) is 3.98. The van der Waals surface area contributed by atoms with Crippen LogP contribution < -0.4 is 15.4 Å². The molecule has 0 spiro atoms. The first-order valence-electron chi connectivity index (χ1n) is 7.38. The summed E-state index contributed by atoms with van der Waals surface area (Å²) in [4.78, 5) is 39.9. The molecule has 2 N–H and O–H groups in total. The number of nitrogens with one attached hydrogen (secondary N) is 2. The molecule has 0 bridgehead atoms. The van der Waals surface area contributed by atoms with Gasteiger partial charge in [-0.15, -0.1) is 0 Å². The Morgan fingerprint density at radius 2 is 2.17 bits per heavy atom. The summed E-state index contributed by atoms with van der Waals surface area (Å²) in [5, 5.41) is 4.90. The zero-order valence-electron chi connectivity index (χ0n) is 12.9. The van der Waals surface area contributed by atoms with E-state index in [0.29, 0.717) is 29.8 Å². The molecule has 0 aromatic heterocycles. The Bertz CT molecular complexity index is 739. The number of methoxy groups -OCH3 is 1. The number of ether oxygens (including phenoxy) is 1. The van der Waals surface area contributed by atoms with E-state index < -0.39 is 11.9 Å². The molecule has 120 valence electrons. The van der Waals surface area contributed by atoms with Gasteiger partial charge in [-0.3, -0.25) is 24.7 Å². The Hall–Kier alpha value is -2.70. The number of nitrogens with zero attached hydrogens (tertiary/aromatic N) is 1. The maximum Gasteiger partial charge on any atom is 0.254 e. The molecular formula is C16H17N3O4. The van der Waals surface area contributed by atoms with E-state index in [9.17, 15) is 14.4 Å². The average Bonchev–Trinajstić information content (AvgIpc) is 2.90. The molecule has 3 amide bonds. The van der Waals surface area contributed by atoms with Crippen molar-refractivity contribution in [3.05, 3.63) is 23.3 Å². The topological polar surface area (TPSA) is 96.9 Å². The van der Waals surface area contributed by atoms with Gasteiger partial charge in [0.2, 0.25) is 11.8 Å². The summed E-state index contributed by atoms with van der Waals surface area (Å²) in [6.07, 6.45) is 1.16. The first kappa shape index (κ1) is 15.2. The van der Waals surface area contributed by atoms with Crippen molar-refractivity contribution in [3.8, 4) is 5.75 Å². The van der Waals surface area contributed by atoms with Crippen molar-refractivity contribution in [1.82, 2.24) is 10.6 Å². The summed E-state index contributed by atoms with van der Waals surface area (Å²) in [5.74, 6) is -0.472. The number of amides is 3. The molecule has 7 heteroatoms. The summed E-state index contributed by atoms with van der Waals surface area (Å²) in [6, 6.07) is 2.66. The van der Waals surface area contributed by atoms with Gasteiger partial charge in [0.05, 0.1) is 18.4 Å². The molecular weight excluding hydrogens is 298 g/mol. The van der Waals surface area contributed by atoms with Gasteiger partial charge in [-0.1, -0.05) is 0 Å². The number of benzene rings is 1. The molecule has 1 unspecified atom stereocenters. The Morgan fingerprint density at radius 1 is 1.39 bits per heavy atom. The highest BCUT2D eigenvalue weighted by atomic mass is 16.5. The summed E-state index contributed by atoms with van der Waals surface area (Å²) in [6.45, 7) is 1.89. The second kappa shape index (κ2) is 5.83. The fraction of sp³-hybridized carbons (Fsp3) is 0.375. The highest BCUT2D eigenvalue weighted by Gasteiger charge is 2.30. The van der Waals surface area contributed by atoms with E-state index in [-0.39, 0.29) is 18.2 Å². The fourth-order valence-corrected chi connectivity index (χ4v) is 2.84. The van der Waals surface area contributed by atoms with Crippen LogP contribution in [0.5, 0.6) is 5.75 Å². The molecule has 1 aromatic carbocycles. The van der Waals surface area contributed by atoms with E-state index >= 15 is 0 Å². The number of piperidine rings is 1. The largest absolute Gasteiger partial charge is 0.496 e. The van der Waals surface area contributed by atoms with E-state index in [0.717, 1.165) is 11.3 Å². The Labute approximate surface area is 133 Å². The number of hydrogen-bond donors (Lipinski definition) is 2. The molecule has 2 aliphatic heterocycles. The van der Waals surface area contributed by atoms with Crippen LogP contribution in [0.25, 0.3) is 0 Å². The molecule has 0 saturated carbocycles. The van der Waals surface area contributed by atoms with E-state index in [4.69, 9.17) is 4.74 Å². The average molecular weight is 315 g/mol. The maximum atomic E-state index is 12.5. The number of rotatable bonds is 3. The van der Waals surface area contributed by atoms with Crippen LogP contribution in [0.15, 0.2) is 17.1 Å². The van der Waals surface area contributed by atoms with Crippen molar-refractivity contribution in [2.24, 2.45) is 4.99 Å². The standard InChI is InChI=1S/C16H17N3O4/c1-8-7-10-12(23-2)5-3-9(14(10)17-8)15(21)18-11-4-6-13(20)19-16(11)22/h3,5,11H,4,6-7H2,1-2H3,(H,18,21)(H,19,20,22). The number of carbonyl (C=O) groups excluding carboxylic acids is 3. The monoisotopic (exact) mass is 315 g/mol. The first-order valence-corrected chi connectivity index (χ1v) is 7.38. The molecule has 2 heterocycles. The second-order valence-corrected chi connectivity index (χ2v) is 5.64. The molecule has 1 aromatic rings. The minimum absolute atomic E-state index is 0.217. The van der Waals surface area contributed by atoms with E-state index in [1.54, 1.807) is 19.2 Å². The molecule has 23 heavy (non-hydrogen) atoms. The lowest BCUT2D eigenvalue weighted by atomic mass is 10.0. The summed E-state index contributed by atoms with van der Waals surface area (Å²) < 4.78 is 5.31. The highest BCUT2D eigenvalue weighted by molar-refractivity contribution is 6.07. The van der Waals surface area contributed by atoms with Gasteiger partial charge in [-0.05, 0) is 25.5 Å². The second-order valence-electron chi connectivity index (χ2n) is 5.64. The number of imide groups is 1. The van der Waals surface area contributed by atoms with E-state index in [1.807, 2.05) is 6.92 Å². The Balaban J connectivity index is 1.85. The summed E-state index contributed by atoms with van der Waals surface area (Å²) in [7, 11) is 1.58. The summed E-state index contributed by atoms with van der Waals surface area (Å²) >= 11 is 0. The number of aliphatic imine (C=N–C) groups is 1. The van der Waals surface area contributed by atoms with Crippen molar-refractivity contribution < 1.29 is 19.1 Å². The number of fused-ring (bicyclic) bond motifs is 1. The fourth-order valence-electron chi connectivity index (χ4n) is 2.84. The minimum atomic E-state index is -0.704. The van der Waals surface area contributed by atoms with Crippen LogP contribution in [0.4, 0.5) is 5.69 Å². The maximum absolute atomic E-state index is 12.5. The molecule has 1 fully saturated rings. The lowest BCUT2D eigenvalue weighted by Crippen LogP contribution is -2.52. The minimum Gasteiger partial charge on any atom is -0.496 e. The molecule has 1 atom stereocenters. The van der Waals surface area contributed by atoms with Gasteiger partial charge in [0.1, 0.15) is 11.8 Å². The number of hydrogen-bond acceptors (Lipinski definition) is 5. The first-order chi connectivity index (χ1) is 11.0. The molecule has 2 aliphatic rings. The van der Waals surface area contributed by atoms with Crippen molar-refractivity contribution in [2.75, 3.05) is 7.11 Å². The SMILES string of the molecule is COc1ccc(C(=O)NC2CCC(=O)NC2=O)c2c1CC(C)=N2. The van der Waals surface area contributed by atoms with Crippen LogP contribution in [0.3, 0.4) is 0 Å².